The monoisotopic (exact) mass is 496 g/mol. The molecule has 7 nitrogen and oxygen atoms in total. The van der Waals surface area contributed by atoms with Gasteiger partial charge in [-0.1, -0.05) is 0 Å². The van der Waals surface area contributed by atoms with Gasteiger partial charge in [0.25, 0.3) is 15.9 Å². The smallest absolute Gasteiger partial charge is 0.362 e. The highest BCUT2D eigenvalue weighted by molar-refractivity contribution is 7.90. The number of likely N-dealkylation sites (tertiary alicyclic amines) is 1. The standard InChI is InChI=1S/C21H19F3N4O3S2/c1-12-15-9-10-16(21(22,23)24)26-20(15)32-18(12)19(29)25-13-5-7-14(8-6-13)33(30,31)27-17-4-3-11-28(17)2/h5-10H,3-4,11H2,1-2H3,(H,25,29)/b27-17+. The summed E-state index contributed by atoms with van der Waals surface area (Å²) in [6.45, 7) is 2.39. The van der Waals surface area contributed by atoms with Crippen LogP contribution in [0.15, 0.2) is 45.7 Å². The zero-order valence-electron chi connectivity index (χ0n) is 17.6. The van der Waals surface area contributed by atoms with Crippen LogP contribution >= 0.6 is 11.3 Å². The summed E-state index contributed by atoms with van der Waals surface area (Å²) in [6, 6.07) is 7.75. The van der Waals surface area contributed by atoms with E-state index in [1.54, 1.807) is 18.9 Å². The van der Waals surface area contributed by atoms with Gasteiger partial charge in [0.15, 0.2) is 0 Å². The minimum atomic E-state index is -4.57. The molecule has 1 N–H and O–H groups in total. The number of pyridine rings is 1. The quantitative estimate of drug-likeness (QED) is 0.566. The van der Waals surface area contributed by atoms with E-state index in [4.69, 9.17) is 0 Å². The summed E-state index contributed by atoms with van der Waals surface area (Å²) in [7, 11) is -2.09. The Kier molecular flexibility index (Phi) is 5.91. The number of carbonyl (C=O) groups is 1. The molecule has 1 aliphatic heterocycles. The first-order valence-electron chi connectivity index (χ1n) is 9.89. The lowest BCUT2D eigenvalue weighted by Gasteiger charge is -2.11. The van der Waals surface area contributed by atoms with E-state index in [-0.39, 0.29) is 14.6 Å². The first kappa shape index (κ1) is 23.2. The highest BCUT2D eigenvalue weighted by atomic mass is 32.2. The predicted octanol–water partition coefficient (Wildman–Crippen LogP) is 4.69. The average molecular weight is 497 g/mol. The SMILES string of the molecule is Cc1c(C(=O)Nc2ccc(S(=O)(=O)/N=C3\CCCN3C)cc2)sc2nc(C(F)(F)F)ccc12. The highest BCUT2D eigenvalue weighted by Gasteiger charge is 2.33. The lowest BCUT2D eigenvalue weighted by Crippen LogP contribution is -2.20. The van der Waals surface area contributed by atoms with Crippen molar-refractivity contribution in [1.29, 1.82) is 0 Å². The topological polar surface area (TPSA) is 91.7 Å². The van der Waals surface area contributed by atoms with Crippen molar-refractivity contribution in [2.24, 2.45) is 4.40 Å². The Hall–Kier alpha value is -2.99. The Morgan fingerprint density at radius 2 is 1.88 bits per heavy atom. The fourth-order valence-corrected chi connectivity index (χ4v) is 5.64. The molecule has 0 bridgehead atoms. The summed E-state index contributed by atoms with van der Waals surface area (Å²) in [5, 5.41) is 3.11. The zero-order chi connectivity index (χ0) is 24.0. The van der Waals surface area contributed by atoms with Crippen LogP contribution < -0.4 is 5.32 Å². The van der Waals surface area contributed by atoms with Crippen LogP contribution in [0.3, 0.4) is 0 Å². The molecule has 2 aromatic heterocycles. The Balaban J connectivity index is 1.54. The average Bonchev–Trinajstić information content (AvgIpc) is 3.30. The van der Waals surface area contributed by atoms with Gasteiger partial charge in [-0.05, 0) is 55.3 Å². The number of hydrogen-bond donors (Lipinski definition) is 1. The predicted molar refractivity (Wildman–Crippen MR) is 120 cm³/mol. The third-order valence-corrected chi connectivity index (χ3v) is 7.79. The second-order valence-corrected chi connectivity index (χ2v) is 10.2. The van der Waals surface area contributed by atoms with Gasteiger partial charge in [-0.3, -0.25) is 4.79 Å². The van der Waals surface area contributed by atoms with Gasteiger partial charge in [0, 0.05) is 31.1 Å². The molecule has 12 heteroatoms. The van der Waals surface area contributed by atoms with Crippen LogP contribution in [-0.4, -0.2) is 43.6 Å². The largest absolute Gasteiger partial charge is 0.433 e. The van der Waals surface area contributed by atoms with E-state index in [9.17, 15) is 26.4 Å². The fraction of sp³-hybridized carbons (Fsp3) is 0.286. The maximum absolute atomic E-state index is 12.9. The molecule has 1 fully saturated rings. The number of anilines is 1. The van der Waals surface area contributed by atoms with E-state index in [1.807, 2.05) is 0 Å². The fourth-order valence-electron chi connectivity index (χ4n) is 3.47. The highest BCUT2D eigenvalue weighted by Crippen LogP contribution is 2.34. The van der Waals surface area contributed by atoms with Crippen molar-refractivity contribution in [2.75, 3.05) is 18.9 Å². The summed E-state index contributed by atoms with van der Waals surface area (Å²) in [4.78, 5) is 18.5. The molecule has 0 atom stereocenters. The van der Waals surface area contributed by atoms with E-state index in [2.05, 4.69) is 14.7 Å². The summed E-state index contributed by atoms with van der Waals surface area (Å²) in [5.41, 5.74) is -0.165. The number of thiophene rings is 1. The number of aryl methyl sites for hydroxylation is 1. The van der Waals surface area contributed by atoms with Crippen LogP contribution in [0.4, 0.5) is 18.9 Å². The van der Waals surface area contributed by atoms with E-state index >= 15 is 0 Å². The first-order chi connectivity index (χ1) is 15.5. The number of hydrogen-bond acceptors (Lipinski definition) is 5. The van der Waals surface area contributed by atoms with E-state index < -0.39 is 27.8 Å². The van der Waals surface area contributed by atoms with Gasteiger partial charge in [0.1, 0.15) is 16.4 Å². The minimum absolute atomic E-state index is 0.00442. The maximum Gasteiger partial charge on any atom is 0.433 e. The Morgan fingerprint density at radius 3 is 2.48 bits per heavy atom. The number of carbonyl (C=O) groups excluding carboxylic acids is 1. The van der Waals surface area contributed by atoms with Crippen molar-refractivity contribution in [2.45, 2.75) is 30.8 Å². The second kappa shape index (κ2) is 8.41. The summed E-state index contributed by atoms with van der Waals surface area (Å²) < 4.78 is 67.8. The molecular formula is C21H19F3N4O3S2. The summed E-state index contributed by atoms with van der Waals surface area (Å²) in [5.74, 6) is -0.0117. The number of rotatable bonds is 4. The Labute approximate surface area is 192 Å². The molecule has 1 amide bonds. The van der Waals surface area contributed by atoms with Crippen LogP contribution in [-0.2, 0) is 16.2 Å². The number of nitrogens with zero attached hydrogens (tertiary/aromatic N) is 3. The Bertz CT molecular complexity index is 1360. The molecule has 3 heterocycles. The normalized spacial score (nSPS) is 16.0. The summed E-state index contributed by atoms with van der Waals surface area (Å²) >= 11 is 0.865. The van der Waals surface area contributed by atoms with Crippen molar-refractivity contribution < 1.29 is 26.4 Å². The molecule has 0 radical (unpaired) electrons. The number of nitrogens with one attached hydrogen (secondary N) is 1. The number of amides is 1. The number of fused-ring (bicyclic) bond motifs is 1. The van der Waals surface area contributed by atoms with Crippen molar-refractivity contribution in [3.8, 4) is 0 Å². The van der Waals surface area contributed by atoms with Crippen LogP contribution in [0.25, 0.3) is 10.2 Å². The molecule has 1 aliphatic rings. The zero-order valence-corrected chi connectivity index (χ0v) is 19.2. The van der Waals surface area contributed by atoms with Gasteiger partial charge in [-0.25, -0.2) is 4.98 Å². The van der Waals surface area contributed by atoms with Gasteiger partial charge in [-0.15, -0.1) is 15.7 Å². The number of halogens is 3. The van der Waals surface area contributed by atoms with E-state index in [0.29, 0.717) is 28.9 Å². The molecule has 4 rings (SSSR count). The van der Waals surface area contributed by atoms with Crippen molar-refractivity contribution in [1.82, 2.24) is 9.88 Å². The lowest BCUT2D eigenvalue weighted by atomic mass is 10.1. The molecule has 33 heavy (non-hydrogen) atoms. The first-order valence-corrected chi connectivity index (χ1v) is 12.1. The molecular weight excluding hydrogens is 477 g/mol. The van der Waals surface area contributed by atoms with Gasteiger partial charge in [-0.2, -0.15) is 21.6 Å². The van der Waals surface area contributed by atoms with Gasteiger partial charge in [0.05, 0.1) is 9.77 Å². The number of aromatic nitrogens is 1. The lowest BCUT2D eigenvalue weighted by molar-refractivity contribution is -0.140. The molecule has 0 spiro atoms. The van der Waals surface area contributed by atoms with Crippen molar-refractivity contribution in [3.05, 3.63) is 52.5 Å². The number of amidine groups is 1. The summed E-state index contributed by atoms with van der Waals surface area (Å²) in [6.07, 6.45) is -3.13. The number of benzene rings is 1. The molecule has 1 aromatic carbocycles. The number of alkyl halides is 3. The van der Waals surface area contributed by atoms with Gasteiger partial charge >= 0.3 is 6.18 Å². The van der Waals surface area contributed by atoms with Gasteiger partial charge < -0.3 is 10.2 Å². The second-order valence-electron chi connectivity index (χ2n) is 7.59. The molecule has 0 aliphatic carbocycles. The van der Waals surface area contributed by atoms with Crippen molar-refractivity contribution >= 4 is 49.0 Å². The van der Waals surface area contributed by atoms with Crippen molar-refractivity contribution in [3.63, 3.8) is 0 Å². The van der Waals surface area contributed by atoms with Crippen LogP contribution in [0, 0.1) is 6.92 Å². The van der Waals surface area contributed by atoms with Gasteiger partial charge in [0.2, 0.25) is 0 Å². The van der Waals surface area contributed by atoms with Crippen LogP contribution in [0.2, 0.25) is 0 Å². The van der Waals surface area contributed by atoms with Crippen LogP contribution in [0.5, 0.6) is 0 Å². The third kappa shape index (κ3) is 4.71. The number of sulfonamides is 1. The Morgan fingerprint density at radius 1 is 1.18 bits per heavy atom. The minimum Gasteiger partial charge on any atom is -0.362 e. The molecule has 1 saturated heterocycles. The van der Waals surface area contributed by atoms with E-state index in [1.165, 1.54) is 30.3 Å². The molecule has 0 unspecified atom stereocenters. The molecule has 174 valence electrons. The van der Waals surface area contributed by atoms with E-state index in [0.717, 1.165) is 30.4 Å². The maximum atomic E-state index is 12.9. The third-order valence-electron chi connectivity index (χ3n) is 5.27. The van der Waals surface area contributed by atoms with Crippen LogP contribution in [0.1, 0.15) is 33.8 Å². The molecule has 0 saturated carbocycles. The molecule has 3 aromatic rings.